The van der Waals surface area contributed by atoms with E-state index in [-0.39, 0.29) is 0 Å². The van der Waals surface area contributed by atoms with Crippen molar-refractivity contribution in [2.45, 2.75) is 31.4 Å². The number of benzene rings is 5. The Labute approximate surface area is 280 Å². The first kappa shape index (κ1) is 30.3. The maximum atomic E-state index is 6.39. The second-order valence-corrected chi connectivity index (χ2v) is 12.6. The first-order valence-electron chi connectivity index (χ1n) is 15.6. The van der Waals surface area contributed by atoms with Crippen molar-refractivity contribution < 1.29 is 9.47 Å². The van der Waals surface area contributed by atoms with Crippen molar-refractivity contribution in [2.24, 2.45) is 5.92 Å². The molecule has 1 atom stereocenters. The van der Waals surface area contributed by atoms with E-state index in [1.165, 1.54) is 28.1 Å². The van der Waals surface area contributed by atoms with Gasteiger partial charge in [0.2, 0.25) is 0 Å². The third kappa shape index (κ3) is 5.96. The minimum atomic E-state index is -0.577. The molecule has 1 aliphatic rings. The van der Waals surface area contributed by atoms with Gasteiger partial charge in [0.15, 0.2) is 0 Å². The number of halogens is 2. The molecule has 0 amide bonds. The Hall–Kier alpha value is -4.35. The van der Waals surface area contributed by atoms with E-state index < -0.39 is 5.54 Å². The van der Waals surface area contributed by atoms with Crippen LogP contribution >= 0.6 is 23.2 Å². The van der Waals surface area contributed by atoms with Crippen LogP contribution in [-0.4, -0.2) is 16.2 Å². The van der Waals surface area contributed by atoms with Crippen LogP contribution in [0.2, 0.25) is 10.0 Å². The summed E-state index contributed by atoms with van der Waals surface area (Å²) in [5.41, 5.74) is 6.41. The zero-order valence-corrected chi connectivity index (χ0v) is 26.9. The minimum absolute atomic E-state index is 0.349. The molecule has 46 heavy (non-hydrogen) atoms. The molecule has 0 aliphatic heterocycles. The number of imidazole rings is 1. The van der Waals surface area contributed by atoms with Crippen LogP contribution in [0.1, 0.15) is 40.1 Å². The third-order valence-corrected chi connectivity index (χ3v) is 9.39. The molecule has 0 fully saturated rings. The lowest BCUT2D eigenvalue weighted by atomic mass is 9.76. The van der Waals surface area contributed by atoms with Crippen LogP contribution in [0.4, 0.5) is 0 Å². The second-order valence-electron chi connectivity index (χ2n) is 11.7. The summed E-state index contributed by atoms with van der Waals surface area (Å²) >= 11 is 12.5. The summed E-state index contributed by atoms with van der Waals surface area (Å²) in [7, 11) is 0. The lowest BCUT2D eigenvalue weighted by molar-refractivity contribution is 0.0802. The van der Waals surface area contributed by atoms with Gasteiger partial charge in [0.05, 0.1) is 30.3 Å². The molecule has 0 spiro atoms. The van der Waals surface area contributed by atoms with E-state index in [9.17, 15) is 0 Å². The van der Waals surface area contributed by atoms with Gasteiger partial charge in [-0.25, -0.2) is 4.98 Å². The van der Waals surface area contributed by atoms with Crippen LogP contribution in [-0.2, 0) is 29.7 Å². The topological polar surface area (TPSA) is 36.3 Å². The summed E-state index contributed by atoms with van der Waals surface area (Å²) in [6, 6.07) is 45.5. The first-order chi connectivity index (χ1) is 22.6. The molecule has 1 heterocycles. The Morgan fingerprint density at radius 3 is 1.96 bits per heavy atom. The lowest BCUT2D eigenvalue weighted by Gasteiger charge is -2.39. The second kappa shape index (κ2) is 13.6. The highest BCUT2D eigenvalue weighted by atomic mass is 35.5. The fourth-order valence-corrected chi connectivity index (χ4v) is 7.12. The van der Waals surface area contributed by atoms with Crippen molar-refractivity contribution in [2.75, 3.05) is 6.61 Å². The number of aromatic nitrogens is 2. The largest absolute Gasteiger partial charge is 0.455 e. The summed E-state index contributed by atoms with van der Waals surface area (Å²) in [5, 5.41) is 1.04. The monoisotopic (exact) mass is 644 g/mol. The van der Waals surface area contributed by atoms with Crippen molar-refractivity contribution in [3.05, 3.63) is 183 Å². The number of fused-ring (bicyclic) bond motifs is 1. The van der Waals surface area contributed by atoms with E-state index in [1.54, 1.807) is 18.2 Å². The average Bonchev–Trinajstić information content (AvgIpc) is 3.52. The first-order valence-corrected chi connectivity index (χ1v) is 16.4. The van der Waals surface area contributed by atoms with Crippen LogP contribution in [0.25, 0.3) is 0 Å². The van der Waals surface area contributed by atoms with Gasteiger partial charge in [-0.15, -0.1) is 0 Å². The Bertz CT molecular complexity index is 1810. The van der Waals surface area contributed by atoms with Gasteiger partial charge in [-0.3, -0.25) is 0 Å². The Morgan fingerprint density at radius 2 is 1.33 bits per heavy atom. The van der Waals surface area contributed by atoms with E-state index in [2.05, 4.69) is 102 Å². The molecule has 5 aromatic carbocycles. The molecule has 0 saturated heterocycles. The number of hydrogen-bond donors (Lipinski definition) is 0. The highest BCUT2D eigenvalue weighted by molar-refractivity contribution is 6.35. The van der Waals surface area contributed by atoms with Crippen LogP contribution in [0.5, 0.6) is 11.5 Å². The molecule has 0 bridgehead atoms. The van der Waals surface area contributed by atoms with Crippen LogP contribution in [0, 0.1) is 5.92 Å². The van der Waals surface area contributed by atoms with Gasteiger partial charge in [0.1, 0.15) is 17.0 Å². The van der Waals surface area contributed by atoms with Gasteiger partial charge in [-0.1, -0.05) is 132 Å². The van der Waals surface area contributed by atoms with Gasteiger partial charge in [-0.05, 0) is 66.1 Å². The maximum absolute atomic E-state index is 6.39. The third-order valence-electron chi connectivity index (χ3n) is 8.86. The standard InChI is InChI=1S/C40H34Cl2N2O2/c41-34-21-23-39(35(42)25-34)46-38-19-11-10-12-30(38)27-45-26-29-20-22-36-37(24-29)44(28-43-36)40(31-13-4-1-5-14-31,32-15-6-2-7-16-32)33-17-8-3-9-18-33/h1-19,21,23,25,28-29H,20,22,24,26-27H2. The van der Waals surface area contributed by atoms with Gasteiger partial charge in [0.25, 0.3) is 0 Å². The molecule has 7 rings (SSSR count). The van der Waals surface area contributed by atoms with E-state index in [4.69, 9.17) is 37.7 Å². The number of aryl methyl sites for hydroxylation is 1. The van der Waals surface area contributed by atoms with Crippen LogP contribution in [0.15, 0.2) is 140 Å². The molecule has 0 saturated carbocycles. The van der Waals surface area contributed by atoms with Gasteiger partial charge in [0, 0.05) is 16.3 Å². The molecule has 6 aromatic rings. The average molecular weight is 646 g/mol. The van der Waals surface area contributed by atoms with E-state index in [0.717, 1.165) is 24.8 Å². The predicted molar refractivity (Wildman–Crippen MR) is 185 cm³/mol. The zero-order valence-electron chi connectivity index (χ0n) is 25.4. The minimum Gasteiger partial charge on any atom is -0.455 e. The van der Waals surface area contributed by atoms with E-state index in [1.807, 2.05) is 24.3 Å². The molecule has 1 unspecified atom stereocenters. The van der Waals surface area contributed by atoms with E-state index in [0.29, 0.717) is 40.7 Å². The quantitative estimate of drug-likeness (QED) is 0.139. The molecule has 0 radical (unpaired) electrons. The van der Waals surface area contributed by atoms with Crippen LogP contribution < -0.4 is 4.74 Å². The Morgan fingerprint density at radius 1 is 0.717 bits per heavy atom. The molecule has 230 valence electrons. The maximum Gasteiger partial charge on any atom is 0.146 e. The highest BCUT2D eigenvalue weighted by Crippen LogP contribution is 2.43. The molecular formula is C40H34Cl2N2O2. The van der Waals surface area contributed by atoms with Gasteiger partial charge >= 0.3 is 0 Å². The zero-order chi connectivity index (χ0) is 31.3. The Kier molecular flexibility index (Phi) is 8.94. The van der Waals surface area contributed by atoms with Crippen molar-refractivity contribution in [3.8, 4) is 11.5 Å². The summed E-state index contributed by atoms with van der Waals surface area (Å²) in [6.45, 7) is 1.07. The number of rotatable bonds is 10. The molecular weight excluding hydrogens is 611 g/mol. The smallest absolute Gasteiger partial charge is 0.146 e. The normalized spacial score (nSPS) is 14.5. The fraction of sp³-hybridized carbons (Fsp3) is 0.175. The van der Waals surface area contributed by atoms with Crippen molar-refractivity contribution in [1.82, 2.24) is 9.55 Å². The molecule has 4 nitrogen and oxygen atoms in total. The van der Waals surface area contributed by atoms with Crippen molar-refractivity contribution in [3.63, 3.8) is 0 Å². The van der Waals surface area contributed by atoms with Crippen LogP contribution in [0.3, 0.4) is 0 Å². The summed E-state index contributed by atoms with van der Waals surface area (Å²) in [6.07, 6.45) is 4.87. The molecule has 6 heteroatoms. The van der Waals surface area contributed by atoms with Gasteiger partial charge < -0.3 is 14.0 Å². The SMILES string of the molecule is Clc1ccc(Oc2ccccc2COCC2CCc3ncn(C(c4ccccc4)(c4ccccc4)c4ccccc4)c3C2)c(Cl)c1. The van der Waals surface area contributed by atoms with Gasteiger partial charge in [-0.2, -0.15) is 0 Å². The van der Waals surface area contributed by atoms with Crippen molar-refractivity contribution in [1.29, 1.82) is 0 Å². The highest BCUT2D eigenvalue weighted by Gasteiger charge is 2.41. The molecule has 1 aromatic heterocycles. The summed E-state index contributed by atoms with van der Waals surface area (Å²) in [5.74, 6) is 1.63. The summed E-state index contributed by atoms with van der Waals surface area (Å²) < 4.78 is 15.0. The molecule has 1 aliphatic carbocycles. The number of nitrogens with zero attached hydrogens (tertiary/aromatic N) is 2. The fourth-order valence-electron chi connectivity index (χ4n) is 6.67. The predicted octanol–water partition coefficient (Wildman–Crippen LogP) is 10.1. The summed E-state index contributed by atoms with van der Waals surface area (Å²) in [4.78, 5) is 5.01. The lowest BCUT2D eigenvalue weighted by Crippen LogP contribution is -2.39. The van der Waals surface area contributed by atoms with E-state index >= 15 is 0 Å². The number of para-hydroxylation sites is 1. The Balaban J connectivity index is 1.16. The number of ether oxygens (including phenoxy) is 2. The van der Waals surface area contributed by atoms with Crippen molar-refractivity contribution >= 4 is 23.2 Å². The molecule has 0 N–H and O–H groups in total. The number of hydrogen-bond acceptors (Lipinski definition) is 3.